The first-order chi connectivity index (χ1) is 9.99. The highest BCUT2D eigenvalue weighted by Crippen LogP contribution is 2.20. The van der Waals surface area contributed by atoms with Gasteiger partial charge in [0.1, 0.15) is 0 Å². The smallest absolute Gasteiger partial charge is 0.238 e. The fourth-order valence-corrected chi connectivity index (χ4v) is 2.65. The summed E-state index contributed by atoms with van der Waals surface area (Å²) in [6.45, 7) is 7.98. The average Bonchev–Trinajstić information content (AvgIpc) is 2.42. The first kappa shape index (κ1) is 15.8. The first-order valence-electron chi connectivity index (χ1n) is 7.51. The van der Waals surface area contributed by atoms with E-state index in [1.807, 2.05) is 32.0 Å². The highest BCUT2D eigenvalue weighted by atomic mass is 16.5. The summed E-state index contributed by atoms with van der Waals surface area (Å²) in [5, 5.41) is 2.90. The van der Waals surface area contributed by atoms with Crippen molar-refractivity contribution in [2.24, 2.45) is 0 Å². The van der Waals surface area contributed by atoms with Crippen molar-refractivity contribution in [2.45, 2.75) is 39.3 Å². The Labute approximate surface area is 126 Å². The van der Waals surface area contributed by atoms with Crippen molar-refractivity contribution in [3.8, 4) is 0 Å². The summed E-state index contributed by atoms with van der Waals surface area (Å²) in [6, 6.07) is 5.96. The van der Waals surface area contributed by atoms with E-state index in [2.05, 4.69) is 17.1 Å². The molecule has 1 fully saturated rings. The Bertz CT molecular complexity index is 504. The van der Waals surface area contributed by atoms with Crippen molar-refractivity contribution in [2.75, 3.05) is 30.7 Å². The molecule has 116 valence electrons. The minimum Gasteiger partial charge on any atom is -0.397 e. The summed E-state index contributed by atoms with van der Waals surface area (Å²) in [7, 11) is 0. The molecule has 0 aromatic heterocycles. The minimum atomic E-state index is -0.0295. The van der Waals surface area contributed by atoms with Crippen LogP contribution in [0.15, 0.2) is 18.2 Å². The molecule has 1 amide bonds. The Balaban J connectivity index is 1.97. The highest BCUT2D eigenvalue weighted by molar-refractivity contribution is 5.95. The van der Waals surface area contributed by atoms with E-state index in [1.165, 1.54) is 0 Å². The largest absolute Gasteiger partial charge is 0.397 e. The predicted octanol–water partition coefficient (Wildman–Crippen LogP) is 2.02. The van der Waals surface area contributed by atoms with Crippen LogP contribution in [0.5, 0.6) is 0 Å². The Morgan fingerprint density at radius 2 is 2.29 bits per heavy atom. The van der Waals surface area contributed by atoms with Crippen molar-refractivity contribution < 1.29 is 9.53 Å². The van der Waals surface area contributed by atoms with Crippen molar-refractivity contribution in [1.82, 2.24) is 4.90 Å². The molecule has 1 aromatic carbocycles. The topological polar surface area (TPSA) is 67.6 Å². The number of rotatable bonds is 4. The fraction of sp³-hybridized carbons (Fsp3) is 0.562. The molecule has 0 spiro atoms. The molecular formula is C16H25N3O2. The zero-order valence-corrected chi connectivity index (χ0v) is 13.1. The number of benzene rings is 1. The molecule has 2 rings (SSSR count). The number of hydrogen-bond donors (Lipinski definition) is 2. The number of nitrogens with zero attached hydrogens (tertiary/aromatic N) is 1. The summed E-state index contributed by atoms with van der Waals surface area (Å²) in [6.07, 6.45) is 1.15. The van der Waals surface area contributed by atoms with Crippen LogP contribution >= 0.6 is 0 Å². The van der Waals surface area contributed by atoms with Crippen LogP contribution in [0.25, 0.3) is 0 Å². The van der Waals surface area contributed by atoms with E-state index >= 15 is 0 Å². The van der Waals surface area contributed by atoms with E-state index < -0.39 is 0 Å². The number of amides is 1. The summed E-state index contributed by atoms with van der Waals surface area (Å²) in [5.74, 6) is -0.0295. The number of ether oxygens (including phenoxy) is 1. The number of carbonyl (C=O) groups is 1. The van der Waals surface area contributed by atoms with E-state index in [-0.39, 0.29) is 12.0 Å². The third-order valence-electron chi connectivity index (χ3n) is 3.88. The second-order valence-electron chi connectivity index (χ2n) is 5.77. The van der Waals surface area contributed by atoms with Gasteiger partial charge in [0.25, 0.3) is 0 Å². The van der Waals surface area contributed by atoms with Crippen molar-refractivity contribution in [3.05, 3.63) is 23.8 Å². The number of nitrogen functional groups attached to an aromatic ring is 1. The number of nitrogens with one attached hydrogen (secondary N) is 1. The third kappa shape index (κ3) is 4.19. The summed E-state index contributed by atoms with van der Waals surface area (Å²) in [5.41, 5.74) is 8.30. The summed E-state index contributed by atoms with van der Waals surface area (Å²) >= 11 is 0. The maximum Gasteiger partial charge on any atom is 0.238 e. The number of aryl methyl sites for hydroxylation is 1. The van der Waals surface area contributed by atoms with Gasteiger partial charge >= 0.3 is 0 Å². The quantitative estimate of drug-likeness (QED) is 0.833. The van der Waals surface area contributed by atoms with Gasteiger partial charge in [0.15, 0.2) is 0 Å². The van der Waals surface area contributed by atoms with Crippen LogP contribution in [-0.4, -0.2) is 42.6 Å². The van der Waals surface area contributed by atoms with E-state index in [0.717, 1.165) is 18.5 Å². The van der Waals surface area contributed by atoms with Crippen LogP contribution in [0.3, 0.4) is 0 Å². The van der Waals surface area contributed by atoms with Gasteiger partial charge in [0.05, 0.1) is 30.6 Å². The van der Waals surface area contributed by atoms with Crippen LogP contribution < -0.4 is 11.1 Å². The molecule has 1 aromatic rings. The molecule has 0 saturated carbocycles. The molecule has 5 heteroatoms. The average molecular weight is 291 g/mol. The number of carbonyl (C=O) groups excluding carboxylic acids is 1. The number of nitrogens with two attached hydrogens (primary N) is 1. The van der Waals surface area contributed by atoms with E-state index in [1.54, 1.807) is 0 Å². The fourth-order valence-electron chi connectivity index (χ4n) is 2.65. The molecule has 2 atom stereocenters. The molecule has 0 aliphatic carbocycles. The Morgan fingerprint density at radius 1 is 1.52 bits per heavy atom. The lowest BCUT2D eigenvalue weighted by Crippen LogP contribution is -2.51. The molecule has 0 bridgehead atoms. The standard InChI is InChI=1S/C16H25N3O2/c1-4-13-10-21-12(3)8-19(13)9-16(20)18-15-6-5-11(2)7-14(15)17/h5-7,12-13H,4,8-10,17H2,1-3H3,(H,18,20). The Kier molecular flexibility index (Phi) is 5.20. The normalized spacial score (nSPS) is 23.0. The van der Waals surface area contributed by atoms with Crippen LogP contribution in [0.2, 0.25) is 0 Å². The second kappa shape index (κ2) is 6.91. The van der Waals surface area contributed by atoms with Gasteiger partial charge in [0.2, 0.25) is 5.91 Å². The lowest BCUT2D eigenvalue weighted by atomic mass is 10.1. The van der Waals surface area contributed by atoms with Gasteiger partial charge in [-0.05, 0) is 38.0 Å². The maximum atomic E-state index is 12.2. The molecule has 2 unspecified atom stereocenters. The lowest BCUT2D eigenvalue weighted by molar-refractivity contribution is -0.121. The van der Waals surface area contributed by atoms with Crippen LogP contribution in [0.4, 0.5) is 11.4 Å². The molecule has 3 N–H and O–H groups in total. The maximum absolute atomic E-state index is 12.2. The first-order valence-corrected chi connectivity index (χ1v) is 7.51. The van der Waals surface area contributed by atoms with E-state index in [9.17, 15) is 4.79 Å². The Morgan fingerprint density at radius 3 is 2.95 bits per heavy atom. The molecule has 0 radical (unpaired) electrons. The minimum absolute atomic E-state index is 0.0295. The van der Waals surface area contributed by atoms with Gasteiger partial charge in [-0.25, -0.2) is 0 Å². The van der Waals surface area contributed by atoms with Crippen molar-refractivity contribution in [3.63, 3.8) is 0 Å². The molecule has 1 aliphatic heterocycles. The molecule has 5 nitrogen and oxygen atoms in total. The van der Waals surface area contributed by atoms with Crippen LogP contribution in [0, 0.1) is 6.92 Å². The second-order valence-corrected chi connectivity index (χ2v) is 5.77. The van der Waals surface area contributed by atoms with Crippen LogP contribution in [-0.2, 0) is 9.53 Å². The molecule has 1 saturated heterocycles. The zero-order valence-electron chi connectivity index (χ0n) is 13.1. The molecule has 1 heterocycles. The SMILES string of the molecule is CCC1COC(C)CN1CC(=O)Nc1ccc(C)cc1N. The van der Waals surface area contributed by atoms with Gasteiger partial charge < -0.3 is 15.8 Å². The van der Waals surface area contributed by atoms with Gasteiger partial charge in [-0.3, -0.25) is 9.69 Å². The van der Waals surface area contributed by atoms with E-state index in [0.29, 0.717) is 30.6 Å². The molecule has 1 aliphatic rings. The van der Waals surface area contributed by atoms with Gasteiger partial charge in [-0.1, -0.05) is 13.0 Å². The van der Waals surface area contributed by atoms with E-state index in [4.69, 9.17) is 10.5 Å². The summed E-state index contributed by atoms with van der Waals surface area (Å²) in [4.78, 5) is 14.4. The highest BCUT2D eigenvalue weighted by Gasteiger charge is 2.27. The third-order valence-corrected chi connectivity index (χ3v) is 3.88. The van der Waals surface area contributed by atoms with Crippen molar-refractivity contribution >= 4 is 17.3 Å². The molecular weight excluding hydrogens is 266 g/mol. The monoisotopic (exact) mass is 291 g/mol. The zero-order chi connectivity index (χ0) is 15.4. The number of morpholine rings is 1. The van der Waals surface area contributed by atoms with Gasteiger partial charge in [0, 0.05) is 12.6 Å². The van der Waals surface area contributed by atoms with Crippen molar-refractivity contribution in [1.29, 1.82) is 0 Å². The Hall–Kier alpha value is -1.59. The number of hydrogen-bond acceptors (Lipinski definition) is 4. The van der Waals surface area contributed by atoms with Crippen LogP contribution in [0.1, 0.15) is 25.8 Å². The van der Waals surface area contributed by atoms with Gasteiger partial charge in [-0.15, -0.1) is 0 Å². The number of anilines is 2. The molecule has 21 heavy (non-hydrogen) atoms. The van der Waals surface area contributed by atoms with Gasteiger partial charge in [-0.2, -0.15) is 0 Å². The predicted molar refractivity (Wildman–Crippen MR) is 85.3 cm³/mol. The lowest BCUT2D eigenvalue weighted by Gasteiger charge is -2.37. The summed E-state index contributed by atoms with van der Waals surface area (Å²) < 4.78 is 5.65.